The Morgan fingerprint density at radius 2 is 1.90 bits per heavy atom. The van der Waals surface area contributed by atoms with Crippen molar-refractivity contribution < 1.29 is 0 Å². The van der Waals surface area contributed by atoms with Crippen molar-refractivity contribution in [2.45, 2.75) is 0 Å². The first kappa shape index (κ1) is 6.27. The molecule has 49 valence electrons. The average Bonchev–Trinajstić information content (AvgIpc) is 2.33. The molecule has 1 aromatic carbocycles. The first-order valence-corrected chi connectivity index (χ1v) is 3.97. The van der Waals surface area contributed by atoms with E-state index in [2.05, 4.69) is 32.6 Å². The van der Waals surface area contributed by atoms with E-state index in [1.54, 1.807) is 6.67 Å². The monoisotopic (exact) mass is 243 g/mol. The molecule has 1 aromatic rings. The highest BCUT2D eigenvalue weighted by Gasteiger charge is 1.95. The molecule has 2 nitrogen and oxygen atoms in total. The van der Waals surface area contributed by atoms with Gasteiger partial charge in [0, 0.05) is 3.57 Å². The molecule has 0 fully saturated rings. The van der Waals surface area contributed by atoms with Crippen LogP contribution in [0.15, 0.2) is 28.2 Å². The van der Waals surface area contributed by atoms with E-state index in [1.165, 1.54) is 3.57 Å². The highest BCUT2D eigenvalue weighted by atomic mass is 127. The van der Waals surface area contributed by atoms with E-state index in [0.717, 1.165) is 10.7 Å². The summed E-state index contributed by atoms with van der Waals surface area (Å²) in [5.74, 6) is 0. The van der Waals surface area contributed by atoms with E-state index in [1.807, 2.05) is 18.2 Å². The van der Waals surface area contributed by atoms with Crippen LogP contribution in [0, 0.1) is 10.2 Å². The van der Waals surface area contributed by atoms with Crippen LogP contribution in [0.2, 0.25) is 0 Å². The van der Waals surface area contributed by atoms with Crippen LogP contribution in [0.1, 0.15) is 0 Å². The molecular weight excluding hydrogens is 239 g/mol. The van der Waals surface area contributed by atoms with Gasteiger partial charge in [-0.15, -0.1) is 0 Å². The van der Waals surface area contributed by atoms with Crippen molar-refractivity contribution in [3.63, 3.8) is 0 Å². The maximum Gasteiger partial charge on any atom is 0.183 e. The molecule has 2 rings (SSSR count). The lowest BCUT2D eigenvalue weighted by Crippen LogP contribution is -2.20. The summed E-state index contributed by atoms with van der Waals surface area (Å²) < 4.78 is 1.20. The molecule has 3 heteroatoms. The average molecular weight is 243 g/mol. The fourth-order valence-electron chi connectivity index (χ4n) is 0.862. The van der Waals surface area contributed by atoms with Crippen molar-refractivity contribution in [2.24, 2.45) is 9.98 Å². The number of rotatable bonds is 0. The maximum atomic E-state index is 4.06. The number of hydrogen-bond acceptors (Lipinski definition) is 2. The smallest absolute Gasteiger partial charge is 0.183 e. The third kappa shape index (κ3) is 0.941. The highest BCUT2D eigenvalue weighted by Crippen LogP contribution is 1.97. The van der Waals surface area contributed by atoms with Crippen LogP contribution in [0.4, 0.5) is 0 Å². The van der Waals surface area contributed by atoms with Crippen molar-refractivity contribution in [1.29, 1.82) is 0 Å². The van der Waals surface area contributed by atoms with Crippen molar-refractivity contribution in [3.8, 4) is 0 Å². The van der Waals surface area contributed by atoms with Gasteiger partial charge in [0.25, 0.3) is 0 Å². The summed E-state index contributed by atoms with van der Waals surface area (Å²) in [4.78, 5) is 8.11. The van der Waals surface area contributed by atoms with E-state index < -0.39 is 0 Å². The predicted octanol–water partition coefficient (Wildman–Crippen LogP) is 0.663. The van der Waals surface area contributed by atoms with Gasteiger partial charge >= 0.3 is 0 Å². The normalized spacial score (nSPS) is 13.7. The van der Waals surface area contributed by atoms with E-state index in [-0.39, 0.29) is 0 Å². The molecule has 0 spiro atoms. The van der Waals surface area contributed by atoms with Crippen LogP contribution in [0.25, 0.3) is 0 Å². The van der Waals surface area contributed by atoms with Gasteiger partial charge in [-0.05, 0) is 40.8 Å². The fourth-order valence-corrected chi connectivity index (χ4v) is 1.34. The van der Waals surface area contributed by atoms with Crippen LogP contribution in [0.3, 0.4) is 0 Å². The lowest BCUT2D eigenvalue weighted by Gasteiger charge is -1.83. The van der Waals surface area contributed by atoms with Crippen LogP contribution in [-0.2, 0) is 0 Å². The number of nitrogens with zero attached hydrogens (tertiary/aromatic N) is 2. The Bertz CT molecular complexity index is 370. The fraction of sp³-hybridized carbons (Fsp3) is 0. The van der Waals surface area contributed by atoms with Crippen molar-refractivity contribution in [1.82, 2.24) is 0 Å². The van der Waals surface area contributed by atoms with Crippen molar-refractivity contribution >= 4 is 22.6 Å². The molecule has 1 aliphatic heterocycles. The zero-order valence-electron chi connectivity index (χ0n) is 5.08. The third-order valence-corrected chi connectivity index (χ3v) is 2.00. The molecule has 0 atom stereocenters. The highest BCUT2D eigenvalue weighted by molar-refractivity contribution is 14.1. The number of halogens is 1. The summed E-state index contributed by atoms with van der Waals surface area (Å²) in [6.45, 7) is 1.58. The minimum Gasteiger partial charge on any atom is -0.252 e. The van der Waals surface area contributed by atoms with Crippen molar-refractivity contribution in [2.75, 3.05) is 0 Å². The van der Waals surface area contributed by atoms with Crippen LogP contribution in [-0.4, -0.2) is 0 Å². The quantitative estimate of drug-likeness (QED) is 0.598. The van der Waals surface area contributed by atoms with Crippen LogP contribution < -0.4 is 10.7 Å². The van der Waals surface area contributed by atoms with E-state index >= 15 is 0 Å². The van der Waals surface area contributed by atoms with Gasteiger partial charge in [-0.1, -0.05) is 0 Å². The van der Waals surface area contributed by atoms with Gasteiger partial charge in [-0.3, -0.25) is 9.98 Å². The summed E-state index contributed by atoms with van der Waals surface area (Å²) in [6.07, 6.45) is 0. The lowest BCUT2D eigenvalue weighted by atomic mass is 10.3. The molecule has 0 saturated carbocycles. The van der Waals surface area contributed by atoms with Crippen LogP contribution >= 0.6 is 22.6 Å². The van der Waals surface area contributed by atoms with Gasteiger partial charge in [0.1, 0.15) is 0 Å². The Balaban J connectivity index is 2.88. The van der Waals surface area contributed by atoms with E-state index in [4.69, 9.17) is 0 Å². The minimum absolute atomic E-state index is 0.973. The molecule has 1 radical (unpaired) electrons. The SMILES string of the molecule is Ic1ccc2c(c1)=N[CH]N=2. The van der Waals surface area contributed by atoms with Gasteiger partial charge < -0.3 is 0 Å². The second kappa shape index (κ2) is 2.30. The van der Waals surface area contributed by atoms with Gasteiger partial charge in [0.2, 0.25) is 0 Å². The predicted molar refractivity (Wildman–Crippen MR) is 45.8 cm³/mol. The molecule has 0 N–H and O–H groups in total. The number of fused-ring (bicyclic) bond motifs is 1. The standard InChI is InChI=1S/C7H4IN2/c8-5-1-2-6-7(3-5)10-4-9-6/h1-4H. The van der Waals surface area contributed by atoms with E-state index in [0.29, 0.717) is 0 Å². The lowest BCUT2D eigenvalue weighted by molar-refractivity contribution is 1.23. The summed E-state index contributed by atoms with van der Waals surface area (Å²) >= 11 is 2.26. The first-order valence-electron chi connectivity index (χ1n) is 2.89. The second-order valence-corrected chi connectivity index (χ2v) is 3.25. The minimum atomic E-state index is 0.973. The Morgan fingerprint density at radius 3 is 2.80 bits per heavy atom. The molecule has 1 heterocycles. The summed E-state index contributed by atoms with van der Waals surface area (Å²) in [5.41, 5.74) is 0. The number of benzene rings is 1. The zero-order valence-corrected chi connectivity index (χ0v) is 7.24. The maximum absolute atomic E-state index is 4.06. The molecule has 0 amide bonds. The molecule has 1 aliphatic rings. The van der Waals surface area contributed by atoms with Gasteiger partial charge in [-0.25, -0.2) is 0 Å². The number of hydrogen-bond donors (Lipinski definition) is 0. The van der Waals surface area contributed by atoms with Gasteiger partial charge in [0.05, 0.1) is 10.7 Å². The summed E-state index contributed by atoms with van der Waals surface area (Å²) in [6, 6.07) is 6.02. The Kier molecular flexibility index (Phi) is 1.44. The Labute approximate surface area is 71.8 Å². The molecule has 0 aliphatic carbocycles. The Hall–Kier alpha value is -0.450. The molecular formula is C7H4IN2. The second-order valence-electron chi connectivity index (χ2n) is 2.01. The van der Waals surface area contributed by atoms with Crippen molar-refractivity contribution in [3.05, 3.63) is 39.2 Å². The van der Waals surface area contributed by atoms with Gasteiger partial charge in [-0.2, -0.15) is 0 Å². The first-order chi connectivity index (χ1) is 4.86. The third-order valence-electron chi connectivity index (χ3n) is 1.33. The molecule has 0 saturated heterocycles. The van der Waals surface area contributed by atoms with Crippen LogP contribution in [0.5, 0.6) is 0 Å². The molecule has 0 unspecified atom stereocenters. The zero-order chi connectivity index (χ0) is 6.97. The topological polar surface area (TPSA) is 24.7 Å². The molecule has 10 heavy (non-hydrogen) atoms. The summed E-state index contributed by atoms with van der Waals surface area (Å²) in [7, 11) is 0. The molecule has 0 aromatic heterocycles. The van der Waals surface area contributed by atoms with E-state index in [9.17, 15) is 0 Å². The Morgan fingerprint density at radius 1 is 1.10 bits per heavy atom. The van der Waals surface area contributed by atoms with Gasteiger partial charge in [0.15, 0.2) is 6.67 Å². The summed E-state index contributed by atoms with van der Waals surface area (Å²) in [5, 5.41) is 1.95. The molecule has 0 bridgehead atoms. The largest absolute Gasteiger partial charge is 0.252 e.